The van der Waals surface area contributed by atoms with E-state index < -0.39 is 17.5 Å². The Morgan fingerprint density at radius 2 is 2.05 bits per heavy atom. The van der Waals surface area contributed by atoms with Crippen LogP contribution in [0.15, 0.2) is 30.3 Å². The van der Waals surface area contributed by atoms with E-state index in [0.29, 0.717) is 5.82 Å². The molecule has 1 heterocycles. The smallest absolute Gasteiger partial charge is 0.338 e. The summed E-state index contributed by atoms with van der Waals surface area (Å²) in [6, 6.07) is 8.90. The van der Waals surface area contributed by atoms with Crippen LogP contribution in [0.1, 0.15) is 17.8 Å². The van der Waals surface area contributed by atoms with E-state index in [9.17, 15) is 14.7 Å². The Bertz CT molecular complexity index is 631. The zero-order valence-electron chi connectivity index (χ0n) is 11.6. The maximum atomic E-state index is 12.0. The van der Waals surface area contributed by atoms with Crippen molar-refractivity contribution in [2.24, 2.45) is 5.73 Å². The molecule has 2 aromatic rings. The van der Waals surface area contributed by atoms with Gasteiger partial charge in [0.1, 0.15) is 12.4 Å². The Morgan fingerprint density at radius 3 is 2.64 bits per heavy atom. The molecule has 0 spiro atoms. The lowest BCUT2D eigenvalue weighted by atomic mass is 9.94. The molecule has 1 aromatic heterocycles. The van der Waals surface area contributed by atoms with Gasteiger partial charge in [-0.3, -0.25) is 0 Å². The minimum absolute atomic E-state index is 0.0459. The minimum atomic E-state index is -2.15. The first-order valence-electron chi connectivity index (χ1n) is 6.48. The van der Waals surface area contributed by atoms with Crippen molar-refractivity contribution in [2.45, 2.75) is 25.0 Å². The van der Waals surface area contributed by atoms with E-state index in [2.05, 4.69) is 20.6 Å². The van der Waals surface area contributed by atoms with Gasteiger partial charge >= 0.3 is 11.9 Å². The van der Waals surface area contributed by atoms with Crippen molar-refractivity contribution in [2.75, 3.05) is 0 Å². The van der Waals surface area contributed by atoms with Crippen LogP contribution in [0.3, 0.4) is 0 Å². The van der Waals surface area contributed by atoms with Gasteiger partial charge in [0, 0.05) is 6.42 Å². The Morgan fingerprint density at radius 1 is 1.32 bits per heavy atom. The van der Waals surface area contributed by atoms with E-state index >= 15 is 0 Å². The summed E-state index contributed by atoms with van der Waals surface area (Å²) in [6.07, 6.45) is -0.0803. The Kier molecular flexibility index (Phi) is 4.79. The number of aliphatic carboxylic acids is 1. The molecular weight excluding hydrogens is 290 g/mol. The number of tetrazole rings is 1. The lowest BCUT2D eigenvalue weighted by Gasteiger charge is -2.22. The minimum Gasteiger partial charge on any atom is -0.479 e. The number of esters is 1. The molecule has 9 heteroatoms. The highest BCUT2D eigenvalue weighted by molar-refractivity contribution is 6.03. The van der Waals surface area contributed by atoms with Crippen LogP contribution in [0.2, 0.25) is 0 Å². The summed E-state index contributed by atoms with van der Waals surface area (Å²) in [5.74, 6) is -2.12. The fraction of sp³-hybridized carbons (Fsp3) is 0.308. The lowest BCUT2D eigenvalue weighted by molar-refractivity contribution is -0.162. The van der Waals surface area contributed by atoms with E-state index in [0.717, 1.165) is 5.56 Å². The summed E-state index contributed by atoms with van der Waals surface area (Å²) in [6.45, 7) is -0.0459. The van der Waals surface area contributed by atoms with E-state index in [1.807, 2.05) is 6.07 Å². The van der Waals surface area contributed by atoms with Gasteiger partial charge in [-0.1, -0.05) is 30.3 Å². The first-order chi connectivity index (χ1) is 10.5. The standard InChI is InChI=1S/C13H15N5O4/c14-13(11(19)20,7-6-10-15-17-18-16-10)12(21)22-8-9-4-2-1-3-5-9/h1-5H,6-8,14H2,(H,19,20)(H,15,16,17,18)/t13-/m0/s1. The lowest BCUT2D eigenvalue weighted by Crippen LogP contribution is -2.56. The second-order valence-corrected chi connectivity index (χ2v) is 4.69. The molecule has 0 unspecified atom stereocenters. The normalized spacial score (nSPS) is 13.3. The molecule has 0 aliphatic heterocycles. The van der Waals surface area contributed by atoms with Crippen LogP contribution in [0.4, 0.5) is 0 Å². The van der Waals surface area contributed by atoms with Crippen LogP contribution >= 0.6 is 0 Å². The number of hydrogen-bond acceptors (Lipinski definition) is 7. The second kappa shape index (κ2) is 6.76. The fourth-order valence-corrected chi connectivity index (χ4v) is 1.75. The highest BCUT2D eigenvalue weighted by Gasteiger charge is 2.43. The van der Waals surface area contributed by atoms with Crippen LogP contribution in [-0.4, -0.2) is 43.2 Å². The van der Waals surface area contributed by atoms with Crippen LogP contribution in [-0.2, 0) is 27.4 Å². The van der Waals surface area contributed by atoms with Gasteiger partial charge in [0.25, 0.3) is 0 Å². The van der Waals surface area contributed by atoms with Gasteiger partial charge in [-0.15, -0.1) is 5.10 Å². The highest BCUT2D eigenvalue weighted by Crippen LogP contribution is 2.14. The molecule has 0 radical (unpaired) electrons. The van der Waals surface area contributed by atoms with Crippen molar-refractivity contribution in [1.29, 1.82) is 0 Å². The zero-order valence-corrected chi connectivity index (χ0v) is 11.6. The van der Waals surface area contributed by atoms with Crippen LogP contribution in [0.5, 0.6) is 0 Å². The third-order valence-electron chi connectivity index (χ3n) is 3.10. The van der Waals surface area contributed by atoms with E-state index in [1.54, 1.807) is 24.3 Å². The van der Waals surface area contributed by atoms with Crippen molar-refractivity contribution >= 4 is 11.9 Å². The second-order valence-electron chi connectivity index (χ2n) is 4.69. The van der Waals surface area contributed by atoms with Crippen LogP contribution in [0, 0.1) is 0 Å². The molecule has 22 heavy (non-hydrogen) atoms. The Hall–Kier alpha value is -2.81. The number of carbonyl (C=O) groups excluding carboxylic acids is 1. The molecule has 9 nitrogen and oxygen atoms in total. The van der Waals surface area contributed by atoms with Gasteiger partial charge in [-0.25, -0.2) is 14.7 Å². The molecule has 2 rings (SSSR count). The summed E-state index contributed by atoms with van der Waals surface area (Å²) < 4.78 is 5.02. The third-order valence-corrected chi connectivity index (χ3v) is 3.10. The average Bonchev–Trinajstić information content (AvgIpc) is 3.04. The largest absolute Gasteiger partial charge is 0.479 e. The van der Waals surface area contributed by atoms with Gasteiger partial charge in [0.2, 0.25) is 5.54 Å². The summed E-state index contributed by atoms with van der Waals surface area (Å²) in [7, 11) is 0. The highest BCUT2D eigenvalue weighted by atomic mass is 16.5. The summed E-state index contributed by atoms with van der Waals surface area (Å²) in [5, 5.41) is 22.1. The van der Waals surface area contributed by atoms with Gasteiger partial charge in [-0.2, -0.15) is 0 Å². The van der Waals surface area contributed by atoms with Gasteiger partial charge < -0.3 is 15.6 Å². The van der Waals surface area contributed by atoms with Gasteiger partial charge in [0.15, 0.2) is 0 Å². The Balaban J connectivity index is 1.99. The van der Waals surface area contributed by atoms with Crippen molar-refractivity contribution in [3.63, 3.8) is 0 Å². The van der Waals surface area contributed by atoms with Crippen molar-refractivity contribution in [3.8, 4) is 0 Å². The number of carboxylic acid groups (broad SMARTS) is 1. The number of nitrogens with zero attached hydrogens (tertiary/aromatic N) is 3. The van der Waals surface area contributed by atoms with E-state index in [-0.39, 0.29) is 19.4 Å². The zero-order chi connectivity index (χ0) is 16.0. The number of carboxylic acids is 1. The van der Waals surface area contributed by atoms with Crippen LogP contribution in [0.25, 0.3) is 0 Å². The maximum absolute atomic E-state index is 12.0. The van der Waals surface area contributed by atoms with Gasteiger partial charge in [0.05, 0.1) is 0 Å². The molecule has 4 N–H and O–H groups in total. The number of H-pyrrole nitrogens is 1. The molecule has 0 fully saturated rings. The number of aromatic amines is 1. The molecule has 0 aliphatic carbocycles. The molecule has 0 saturated carbocycles. The van der Waals surface area contributed by atoms with E-state index in [4.69, 9.17) is 10.5 Å². The molecule has 0 amide bonds. The quantitative estimate of drug-likeness (QED) is 0.465. The number of aryl methyl sites for hydroxylation is 1. The number of rotatable bonds is 7. The summed E-state index contributed by atoms with van der Waals surface area (Å²) >= 11 is 0. The molecule has 1 aromatic carbocycles. The number of nitrogens with two attached hydrogens (primary N) is 1. The molecule has 0 aliphatic rings. The first-order valence-corrected chi connectivity index (χ1v) is 6.48. The van der Waals surface area contributed by atoms with Gasteiger partial charge in [-0.05, 0) is 22.4 Å². The topological polar surface area (TPSA) is 144 Å². The monoisotopic (exact) mass is 305 g/mol. The number of ether oxygens (including phenoxy) is 1. The third kappa shape index (κ3) is 3.64. The predicted molar refractivity (Wildman–Crippen MR) is 73.3 cm³/mol. The number of hydrogen-bond donors (Lipinski definition) is 3. The predicted octanol–water partition coefficient (Wildman–Crippen LogP) is -0.342. The summed E-state index contributed by atoms with van der Waals surface area (Å²) in [4.78, 5) is 23.4. The number of benzene rings is 1. The number of nitrogens with one attached hydrogen (secondary N) is 1. The average molecular weight is 305 g/mol. The van der Waals surface area contributed by atoms with Crippen LogP contribution < -0.4 is 5.73 Å². The molecule has 116 valence electrons. The first kappa shape index (κ1) is 15.6. The molecule has 1 atom stereocenters. The fourth-order valence-electron chi connectivity index (χ4n) is 1.75. The number of aromatic nitrogens is 4. The maximum Gasteiger partial charge on any atom is 0.338 e. The summed E-state index contributed by atoms with van der Waals surface area (Å²) in [5.41, 5.74) is 4.30. The SMILES string of the molecule is N[C@@](CCc1nnn[nH]1)(C(=O)O)C(=O)OCc1ccccc1. The van der Waals surface area contributed by atoms with Crippen molar-refractivity contribution < 1.29 is 19.4 Å². The number of carbonyl (C=O) groups is 2. The van der Waals surface area contributed by atoms with E-state index in [1.165, 1.54) is 0 Å². The molecule has 0 bridgehead atoms. The molecular formula is C13H15N5O4. The Labute approximate surface area is 125 Å². The van der Waals surface area contributed by atoms with Crippen molar-refractivity contribution in [3.05, 3.63) is 41.7 Å². The van der Waals surface area contributed by atoms with Crippen molar-refractivity contribution in [1.82, 2.24) is 20.6 Å². The molecule has 0 saturated heterocycles.